The van der Waals surface area contributed by atoms with E-state index in [1.54, 1.807) is 6.21 Å². The van der Waals surface area contributed by atoms with E-state index in [2.05, 4.69) is 45.4 Å². The number of amides is 1. The van der Waals surface area contributed by atoms with Crippen LogP contribution in [0.15, 0.2) is 71.8 Å². The molecule has 6 heteroatoms. The van der Waals surface area contributed by atoms with E-state index < -0.39 is 11.7 Å². The summed E-state index contributed by atoms with van der Waals surface area (Å²) in [5, 5.41) is 15.1. The maximum absolute atomic E-state index is 14.0. The number of fused-ring (bicyclic) bond motifs is 1. The number of nitriles is 1. The fourth-order valence-electron chi connectivity index (χ4n) is 3.62. The van der Waals surface area contributed by atoms with Crippen molar-refractivity contribution in [1.29, 1.82) is 5.26 Å². The van der Waals surface area contributed by atoms with Crippen molar-refractivity contribution in [2.24, 2.45) is 5.10 Å². The lowest BCUT2D eigenvalue weighted by Gasteiger charge is -2.11. The number of hydrogen-bond acceptors (Lipinski definition) is 3. The summed E-state index contributed by atoms with van der Waals surface area (Å²) in [6.07, 6.45) is 1.54. The van der Waals surface area contributed by atoms with Crippen molar-refractivity contribution >= 4 is 22.9 Å². The smallest absolute Gasteiger partial charge is 0.274 e. The summed E-state index contributed by atoms with van der Waals surface area (Å²) in [6, 6.07) is 22.0. The molecule has 0 bridgehead atoms. The number of hydrazone groups is 1. The number of carbonyl (C=O) groups excluding carboxylic acids is 1. The Kier molecular flexibility index (Phi) is 5.33. The van der Waals surface area contributed by atoms with Crippen LogP contribution in [0.4, 0.5) is 4.39 Å². The molecule has 0 aliphatic heterocycles. The van der Waals surface area contributed by atoms with Gasteiger partial charge in [-0.1, -0.05) is 30.3 Å². The molecule has 1 aromatic heterocycles. The zero-order valence-electron chi connectivity index (χ0n) is 17.1. The third kappa shape index (κ3) is 3.94. The number of aromatic nitrogens is 1. The van der Waals surface area contributed by atoms with Gasteiger partial charge in [0.2, 0.25) is 0 Å². The molecule has 1 amide bonds. The Hall–Kier alpha value is -4.24. The summed E-state index contributed by atoms with van der Waals surface area (Å²) in [4.78, 5) is 12.2. The Morgan fingerprint density at radius 2 is 1.84 bits per heavy atom. The minimum Gasteiger partial charge on any atom is -0.318 e. The van der Waals surface area contributed by atoms with Gasteiger partial charge in [-0.3, -0.25) is 4.79 Å². The molecule has 0 spiro atoms. The summed E-state index contributed by atoms with van der Waals surface area (Å²) in [5.41, 5.74) is 6.20. The molecular formula is C25H19FN4O. The topological polar surface area (TPSA) is 70.2 Å². The predicted octanol–water partition coefficient (Wildman–Crippen LogP) is 5.02. The molecule has 3 aromatic carbocycles. The molecule has 0 saturated carbocycles. The van der Waals surface area contributed by atoms with Crippen LogP contribution in [0.1, 0.15) is 32.9 Å². The highest BCUT2D eigenvalue weighted by Gasteiger charge is 2.13. The number of hydrogen-bond donors (Lipinski definition) is 1. The molecule has 0 unspecified atom stereocenters. The largest absolute Gasteiger partial charge is 0.318 e. The van der Waals surface area contributed by atoms with E-state index in [0.717, 1.165) is 34.1 Å². The van der Waals surface area contributed by atoms with Gasteiger partial charge in [-0.25, -0.2) is 9.82 Å². The average molecular weight is 410 g/mol. The second-order valence-corrected chi connectivity index (χ2v) is 7.20. The fourth-order valence-corrected chi connectivity index (χ4v) is 3.62. The third-order valence-electron chi connectivity index (χ3n) is 5.17. The Balaban J connectivity index is 1.56. The lowest BCUT2D eigenvalue weighted by Crippen LogP contribution is -2.19. The van der Waals surface area contributed by atoms with Gasteiger partial charge in [0.25, 0.3) is 5.91 Å². The van der Waals surface area contributed by atoms with Gasteiger partial charge in [0, 0.05) is 22.6 Å². The molecule has 152 valence electrons. The SMILES string of the molecule is Cc1cc(/C=N\NC(=O)c2ccc(C#N)cc2F)c(C)n1-c1ccc2ccccc2c1. The third-order valence-corrected chi connectivity index (χ3v) is 5.17. The number of rotatable bonds is 4. The van der Waals surface area contributed by atoms with Gasteiger partial charge >= 0.3 is 0 Å². The Labute approximate surface area is 179 Å². The molecule has 0 saturated heterocycles. The van der Waals surface area contributed by atoms with E-state index in [9.17, 15) is 9.18 Å². The molecule has 4 rings (SSSR count). The van der Waals surface area contributed by atoms with E-state index in [1.165, 1.54) is 17.5 Å². The van der Waals surface area contributed by atoms with E-state index in [1.807, 2.05) is 38.1 Å². The van der Waals surface area contributed by atoms with Crippen LogP contribution in [-0.2, 0) is 0 Å². The first-order valence-electron chi connectivity index (χ1n) is 9.69. The van der Waals surface area contributed by atoms with Crippen LogP contribution < -0.4 is 5.43 Å². The maximum Gasteiger partial charge on any atom is 0.274 e. The second-order valence-electron chi connectivity index (χ2n) is 7.20. The molecule has 0 fully saturated rings. The van der Waals surface area contributed by atoms with Crippen molar-refractivity contribution in [2.45, 2.75) is 13.8 Å². The van der Waals surface area contributed by atoms with Crippen molar-refractivity contribution in [2.75, 3.05) is 0 Å². The van der Waals surface area contributed by atoms with Gasteiger partial charge in [-0.2, -0.15) is 10.4 Å². The second kappa shape index (κ2) is 8.25. The lowest BCUT2D eigenvalue weighted by atomic mass is 10.1. The first-order valence-corrected chi connectivity index (χ1v) is 9.69. The number of halogens is 1. The van der Waals surface area contributed by atoms with Crippen molar-refractivity contribution in [3.8, 4) is 11.8 Å². The van der Waals surface area contributed by atoms with Crippen molar-refractivity contribution < 1.29 is 9.18 Å². The molecule has 5 nitrogen and oxygen atoms in total. The normalized spacial score (nSPS) is 11.0. The minimum atomic E-state index is -0.763. The summed E-state index contributed by atoms with van der Waals surface area (Å²) >= 11 is 0. The standard InChI is InChI=1S/C25H19FN4O/c1-16-11-21(15-28-29-25(31)23-10-7-18(14-27)12-24(23)26)17(2)30(16)22-9-8-19-5-3-4-6-20(19)13-22/h3-13,15H,1-2H3,(H,29,31)/b28-15-. The van der Waals surface area contributed by atoms with Gasteiger partial charge in [0.1, 0.15) is 5.82 Å². The molecule has 4 aromatic rings. The van der Waals surface area contributed by atoms with Crippen molar-refractivity contribution in [3.63, 3.8) is 0 Å². The molecule has 1 N–H and O–H groups in total. The predicted molar refractivity (Wildman–Crippen MR) is 119 cm³/mol. The first-order chi connectivity index (χ1) is 15.0. The highest BCUT2D eigenvalue weighted by Crippen LogP contribution is 2.23. The number of nitrogens with zero attached hydrogens (tertiary/aromatic N) is 3. The Morgan fingerprint density at radius 1 is 1.06 bits per heavy atom. The van der Waals surface area contributed by atoms with Gasteiger partial charge in [0.05, 0.1) is 23.4 Å². The van der Waals surface area contributed by atoms with Gasteiger partial charge in [-0.15, -0.1) is 0 Å². The highest BCUT2D eigenvalue weighted by atomic mass is 19.1. The molecule has 0 aliphatic rings. The summed E-state index contributed by atoms with van der Waals surface area (Å²) in [5.74, 6) is -1.44. The average Bonchev–Trinajstić information content (AvgIpc) is 3.06. The first kappa shape index (κ1) is 20.0. The number of nitrogens with one attached hydrogen (secondary N) is 1. The maximum atomic E-state index is 14.0. The summed E-state index contributed by atoms with van der Waals surface area (Å²) < 4.78 is 16.1. The quantitative estimate of drug-likeness (QED) is 0.379. The van der Waals surface area contributed by atoms with Gasteiger partial charge in [-0.05, 0) is 61.0 Å². The Morgan fingerprint density at radius 3 is 2.58 bits per heavy atom. The van der Waals surface area contributed by atoms with Crippen LogP contribution in [0.2, 0.25) is 0 Å². The lowest BCUT2D eigenvalue weighted by molar-refractivity contribution is 0.0951. The van der Waals surface area contributed by atoms with Gasteiger partial charge in [0.15, 0.2) is 0 Å². The van der Waals surface area contributed by atoms with Crippen LogP contribution in [0.3, 0.4) is 0 Å². The molecule has 0 radical (unpaired) electrons. The van der Waals surface area contributed by atoms with Crippen molar-refractivity contribution in [3.05, 3.63) is 101 Å². The monoisotopic (exact) mass is 410 g/mol. The molecular weight excluding hydrogens is 391 g/mol. The van der Waals surface area contributed by atoms with Crippen molar-refractivity contribution in [1.82, 2.24) is 9.99 Å². The van der Waals surface area contributed by atoms with E-state index in [0.29, 0.717) is 0 Å². The fraction of sp³-hybridized carbons (Fsp3) is 0.0800. The van der Waals surface area contributed by atoms with Crippen LogP contribution >= 0.6 is 0 Å². The molecule has 0 aliphatic carbocycles. The molecule has 1 heterocycles. The number of benzene rings is 3. The zero-order valence-corrected chi connectivity index (χ0v) is 17.1. The number of aryl methyl sites for hydroxylation is 1. The van der Waals surface area contributed by atoms with Crippen LogP contribution in [0, 0.1) is 31.0 Å². The van der Waals surface area contributed by atoms with Crippen LogP contribution in [0.25, 0.3) is 16.5 Å². The Bertz CT molecular complexity index is 1380. The van der Waals surface area contributed by atoms with Crippen LogP contribution in [-0.4, -0.2) is 16.7 Å². The molecule has 0 atom stereocenters. The van der Waals surface area contributed by atoms with Crippen LogP contribution in [0.5, 0.6) is 0 Å². The summed E-state index contributed by atoms with van der Waals surface area (Å²) in [7, 11) is 0. The van der Waals surface area contributed by atoms with E-state index >= 15 is 0 Å². The number of carbonyl (C=O) groups is 1. The van der Waals surface area contributed by atoms with Gasteiger partial charge < -0.3 is 4.57 Å². The zero-order chi connectivity index (χ0) is 22.0. The molecule has 31 heavy (non-hydrogen) atoms. The summed E-state index contributed by atoms with van der Waals surface area (Å²) in [6.45, 7) is 3.98. The van der Waals surface area contributed by atoms with E-state index in [-0.39, 0.29) is 11.1 Å². The minimum absolute atomic E-state index is 0.152. The highest BCUT2D eigenvalue weighted by molar-refractivity contribution is 5.95. The van der Waals surface area contributed by atoms with E-state index in [4.69, 9.17) is 5.26 Å².